The quantitative estimate of drug-likeness (QED) is 0.462. The predicted molar refractivity (Wildman–Crippen MR) is 51.7 cm³/mol. The third-order valence-electron chi connectivity index (χ3n) is 1.66. The van der Waals surface area contributed by atoms with Gasteiger partial charge in [0.2, 0.25) is 0 Å². The zero-order valence-corrected chi connectivity index (χ0v) is 15.3. The molecule has 1 nitrogen and oxygen atoms in total. The van der Waals surface area contributed by atoms with Crippen LogP contribution in [0.4, 0.5) is 0 Å². The maximum atomic E-state index is 3.25. The number of rotatable bonds is 0. The number of hydrogen-bond donors (Lipinski definition) is 1. The Morgan fingerprint density at radius 2 is 1.57 bits per heavy atom. The van der Waals surface area contributed by atoms with Crippen LogP contribution in [0.2, 0.25) is 0 Å². The monoisotopic (exact) mass is 583 g/mol. The molecule has 14 heavy (non-hydrogen) atoms. The topological polar surface area (TPSA) is 12.0 Å². The first-order chi connectivity index (χ1) is 6.00. The van der Waals surface area contributed by atoms with Crippen molar-refractivity contribution in [3.63, 3.8) is 0 Å². The molecular formula is C11H15NUW-2. The molecule has 0 spiro atoms. The van der Waals surface area contributed by atoms with Crippen LogP contribution in [0.15, 0.2) is 30.3 Å². The van der Waals surface area contributed by atoms with Crippen LogP contribution in [0.3, 0.4) is 0 Å². The van der Waals surface area contributed by atoms with Gasteiger partial charge in [-0.1, -0.05) is 0 Å². The van der Waals surface area contributed by atoms with E-state index in [0.29, 0.717) is 0 Å². The Kier molecular flexibility index (Phi) is 17.2. The Bertz CT molecular complexity index is 140. The molecule has 0 bridgehead atoms. The molecular weight excluding hydrogens is 568 g/mol. The minimum atomic E-state index is 0. The maximum absolute atomic E-state index is 3.25. The van der Waals surface area contributed by atoms with Crippen molar-refractivity contribution in [2.75, 3.05) is 13.1 Å². The van der Waals surface area contributed by atoms with Gasteiger partial charge >= 0.3 is 0 Å². The van der Waals surface area contributed by atoms with E-state index in [-0.39, 0.29) is 52.2 Å². The molecule has 1 saturated heterocycles. The third kappa shape index (κ3) is 11.0. The van der Waals surface area contributed by atoms with Crippen molar-refractivity contribution < 1.29 is 52.2 Å². The summed E-state index contributed by atoms with van der Waals surface area (Å²) in [6, 6.07) is 12.5. The van der Waals surface area contributed by atoms with E-state index < -0.39 is 0 Å². The fraction of sp³-hybridized carbons (Fsp3) is 0.364. The van der Waals surface area contributed by atoms with Crippen LogP contribution in [0.25, 0.3) is 0 Å². The van der Waals surface area contributed by atoms with Gasteiger partial charge in [-0.25, -0.2) is 0 Å². The van der Waals surface area contributed by atoms with Gasteiger partial charge in [0.15, 0.2) is 0 Å². The second kappa shape index (κ2) is 13.9. The van der Waals surface area contributed by atoms with Crippen LogP contribution in [0, 0.1) is 43.6 Å². The van der Waals surface area contributed by atoms with Gasteiger partial charge in [0.1, 0.15) is 0 Å². The van der Waals surface area contributed by atoms with E-state index in [1.807, 2.05) is 30.3 Å². The summed E-state index contributed by atoms with van der Waals surface area (Å²) >= 11 is 0. The molecule has 1 fully saturated rings. The van der Waals surface area contributed by atoms with Crippen LogP contribution in [0.5, 0.6) is 0 Å². The van der Waals surface area contributed by atoms with Gasteiger partial charge in [-0.15, -0.1) is 0 Å². The molecule has 1 N–H and O–H groups in total. The van der Waals surface area contributed by atoms with Gasteiger partial charge in [-0.3, -0.25) is 0 Å². The van der Waals surface area contributed by atoms with Crippen LogP contribution in [-0.4, -0.2) is 13.1 Å². The number of benzene rings is 1. The molecule has 1 heterocycles. The van der Waals surface area contributed by atoms with Gasteiger partial charge in [0, 0.05) is 52.2 Å². The van der Waals surface area contributed by atoms with Crippen LogP contribution in [0.1, 0.15) is 12.8 Å². The standard InChI is InChI=1S/C6H5.C5H10N.U.W/c2*1-2-4-6-5-3-1;;/h1-5H;1,6H,2-5H2;;/q2*-1;;. The average molecular weight is 583 g/mol. The summed E-state index contributed by atoms with van der Waals surface area (Å²) in [6.07, 6.45) is 4.86. The molecule has 1 aliphatic heterocycles. The zero-order valence-electron chi connectivity index (χ0n) is 8.20. The largest absolute Gasteiger partial charge is 0.326 e. The molecule has 0 unspecified atom stereocenters. The summed E-state index contributed by atoms with van der Waals surface area (Å²) < 4.78 is 0. The maximum Gasteiger partial charge on any atom is 0 e. The Morgan fingerprint density at radius 3 is 1.71 bits per heavy atom. The minimum absolute atomic E-state index is 0. The molecule has 2 rings (SSSR count). The van der Waals surface area contributed by atoms with Crippen molar-refractivity contribution in [1.29, 1.82) is 0 Å². The second-order valence-electron chi connectivity index (χ2n) is 2.69. The SMILES string of the molecule is [CH-]1CCNCC1.[U].[W].[c-]1ccccc1. The molecule has 76 valence electrons. The molecule has 0 radical (unpaired) electrons. The van der Waals surface area contributed by atoms with Crippen molar-refractivity contribution in [2.45, 2.75) is 12.8 Å². The van der Waals surface area contributed by atoms with Crippen molar-refractivity contribution >= 4 is 0 Å². The summed E-state index contributed by atoms with van der Waals surface area (Å²) in [5.41, 5.74) is 0. The van der Waals surface area contributed by atoms with E-state index in [9.17, 15) is 0 Å². The van der Waals surface area contributed by atoms with Crippen LogP contribution in [-0.2, 0) is 21.1 Å². The van der Waals surface area contributed by atoms with Crippen molar-refractivity contribution in [1.82, 2.24) is 5.32 Å². The molecule has 3 heteroatoms. The van der Waals surface area contributed by atoms with Gasteiger partial charge in [-0.2, -0.15) is 49.2 Å². The molecule has 0 amide bonds. The van der Waals surface area contributed by atoms with E-state index in [1.54, 1.807) is 0 Å². The van der Waals surface area contributed by atoms with E-state index in [0.717, 1.165) is 0 Å². The van der Waals surface area contributed by atoms with Crippen molar-refractivity contribution in [2.24, 2.45) is 0 Å². The Morgan fingerprint density at radius 1 is 1.00 bits per heavy atom. The number of nitrogens with one attached hydrogen (secondary N) is 1. The average Bonchev–Trinajstić information content (AvgIpc) is 2.24. The summed E-state index contributed by atoms with van der Waals surface area (Å²) in [7, 11) is 0. The fourth-order valence-corrected chi connectivity index (χ4v) is 1.02. The molecule has 1 aromatic rings. The van der Waals surface area contributed by atoms with E-state index >= 15 is 0 Å². The van der Waals surface area contributed by atoms with Crippen molar-refractivity contribution in [3.8, 4) is 0 Å². The summed E-state index contributed by atoms with van der Waals surface area (Å²) in [4.78, 5) is 0. The first-order valence-electron chi connectivity index (χ1n) is 4.43. The van der Waals surface area contributed by atoms with E-state index in [4.69, 9.17) is 0 Å². The molecule has 1 aromatic carbocycles. The Hall–Kier alpha value is 0.920. The Balaban J connectivity index is 0. The first kappa shape index (κ1) is 17.3. The van der Waals surface area contributed by atoms with Gasteiger partial charge in [0.25, 0.3) is 0 Å². The molecule has 0 atom stereocenters. The van der Waals surface area contributed by atoms with Gasteiger partial charge in [0.05, 0.1) is 0 Å². The smallest absolute Gasteiger partial charge is 0 e. The van der Waals surface area contributed by atoms with Gasteiger partial charge < -0.3 is 11.7 Å². The zero-order chi connectivity index (χ0) is 8.49. The molecule has 0 aliphatic carbocycles. The van der Waals surface area contributed by atoms with Crippen LogP contribution < -0.4 is 5.32 Å². The second-order valence-corrected chi connectivity index (χ2v) is 2.69. The summed E-state index contributed by atoms with van der Waals surface area (Å²) in [6.45, 7) is 2.39. The fourth-order valence-electron chi connectivity index (χ4n) is 1.02. The molecule has 1 aliphatic rings. The Labute approximate surface area is 125 Å². The number of piperidine rings is 1. The van der Waals surface area contributed by atoms with Gasteiger partial charge in [-0.05, 0) is 13.1 Å². The predicted octanol–water partition coefficient (Wildman–Crippen LogP) is 2.06. The summed E-state index contributed by atoms with van der Waals surface area (Å²) in [5, 5.41) is 3.25. The summed E-state index contributed by atoms with van der Waals surface area (Å²) in [5.74, 6) is 0. The molecule has 0 aromatic heterocycles. The molecule has 0 saturated carbocycles. The third-order valence-corrected chi connectivity index (χ3v) is 1.66. The minimum Gasteiger partial charge on any atom is -0.326 e. The number of hydrogen-bond acceptors (Lipinski definition) is 1. The normalized spacial score (nSPS) is 13.7. The van der Waals surface area contributed by atoms with E-state index in [2.05, 4.69) is 17.8 Å². The van der Waals surface area contributed by atoms with E-state index in [1.165, 1.54) is 25.9 Å². The van der Waals surface area contributed by atoms with Crippen LogP contribution >= 0.6 is 0 Å². The van der Waals surface area contributed by atoms with Crippen molar-refractivity contribution in [3.05, 3.63) is 42.8 Å². The first-order valence-corrected chi connectivity index (χ1v) is 4.43.